The predicted octanol–water partition coefficient (Wildman–Crippen LogP) is 14.4. The van der Waals surface area contributed by atoms with Gasteiger partial charge in [-0.05, 0) is 92.0 Å². The van der Waals surface area contributed by atoms with Crippen LogP contribution < -0.4 is 4.90 Å². The van der Waals surface area contributed by atoms with Crippen molar-refractivity contribution in [3.63, 3.8) is 0 Å². The second-order valence-corrected chi connectivity index (χ2v) is 14.5. The molecule has 10 rings (SSSR count). The van der Waals surface area contributed by atoms with E-state index in [9.17, 15) is 0 Å². The summed E-state index contributed by atoms with van der Waals surface area (Å²) < 4.78 is 6.73. The van der Waals surface area contributed by atoms with Gasteiger partial charge < -0.3 is 9.32 Å². The number of nitrogens with zero attached hydrogens (tertiary/aromatic N) is 1. The first kappa shape index (κ1) is 31.1. The first-order valence-corrected chi connectivity index (χ1v) is 18.3. The van der Waals surface area contributed by atoms with Crippen molar-refractivity contribution in [1.82, 2.24) is 0 Å². The lowest BCUT2D eigenvalue weighted by Gasteiger charge is -2.29. The third kappa shape index (κ3) is 5.10. The Hall–Kier alpha value is -6.64. The maximum absolute atomic E-state index is 6.73. The summed E-state index contributed by atoms with van der Waals surface area (Å²) in [5.74, 6) is 0. The quantitative estimate of drug-likeness (QED) is 0.174. The zero-order valence-corrected chi connectivity index (χ0v) is 29.8. The summed E-state index contributed by atoms with van der Waals surface area (Å²) in [7, 11) is 0. The van der Waals surface area contributed by atoms with Crippen LogP contribution in [0.25, 0.3) is 66.4 Å². The molecule has 9 aromatic rings. The molecule has 0 spiro atoms. The third-order valence-electron chi connectivity index (χ3n) is 11.0. The van der Waals surface area contributed by atoms with E-state index in [1.54, 1.807) is 0 Å². The fourth-order valence-corrected chi connectivity index (χ4v) is 8.53. The maximum atomic E-state index is 6.73. The van der Waals surface area contributed by atoms with Crippen LogP contribution in [0.15, 0.2) is 192 Å². The second-order valence-electron chi connectivity index (χ2n) is 14.5. The Kier molecular flexibility index (Phi) is 7.19. The smallest absolute Gasteiger partial charge is 0.159 e. The molecule has 53 heavy (non-hydrogen) atoms. The predicted molar refractivity (Wildman–Crippen MR) is 222 cm³/mol. The highest BCUT2D eigenvalue weighted by molar-refractivity contribution is 6.10. The van der Waals surface area contributed by atoms with Gasteiger partial charge >= 0.3 is 0 Å². The molecule has 0 bridgehead atoms. The van der Waals surface area contributed by atoms with E-state index < -0.39 is 0 Å². The number of anilines is 3. The molecule has 0 N–H and O–H groups in total. The molecule has 0 fully saturated rings. The van der Waals surface area contributed by atoms with E-state index in [2.05, 4.69) is 201 Å². The summed E-state index contributed by atoms with van der Waals surface area (Å²) in [5, 5.41) is 2.22. The number of hydrogen-bond donors (Lipinski definition) is 0. The SMILES string of the molecule is CC1(C)c2ccccc2-c2cc(N(c3cccc(-c4ccc(-c5ccccc5)cc4)c3)c3cccc4c3oc3ccccc34)cc(-c3ccccc3)c21. The van der Waals surface area contributed by atoms with Crippen LogP contribution in [0.2, 0.25) is 0 Å². The second kappa shape index (κ2) is 12.3. The average Bonchev–Trinajstić information content (AvgIpc) is 3.71. The highest BCUT2D eigenvalue weighted by Gasteiger charge is 2.38. The van der Waals surface area contributed by atoms with Gasteiger partial charge in [0.1, 0.15) is 5.58 Å². The van der Waals surface area contributed by atoms with Crippen LogP contribution in [0.5, 0.6) is 0 Å². The molecule has 8 aromatic carbocycles. The topological polar surface area (TPSA) is 16.4 Å². The van der Waals surface area contributed by atoms with E-state index >= 15 is 0 Å². The van der Waals surface area contributed by atoms with Crippen molar-refractivity contribution in [2.24, 2.45) is 0 Å². The fraction of sp³-hybridized carbons (Fsp3) is 0.0588. The number of fused-ring (bicyclic) bond motifs is 6. The number of furan rings is 1. The Morgan fingerprint density at radius 3 is 1.79 bits per heavy atom. The van der Waals surface area contributed by atoms with Gasteiger partial charge in [0.2, 0.25) is 0 Å². The van der Waals surface area contributed by atoms with Crippen molar-refractivity contribution in [3.8, 4) is 44.5 Å². The van der Waals surface area contributed by atoms with Gasteiger partial charge in [-0.3, -0.25) is 0 Å². The molecule has 0 saturated carbocycles. The molecule has 2 heteroatoms. The van der Waals surface area contributed by atoms with Gasteiger partial charge in [0, 0.05) is 27.6 Å². The highest BCUT2D eigenvalue weighted by Crippen LogP contribution is 2.55. The minimum atomic E-state index is -0.162. The summed E-state index contributed by atoms with van der Waals surface area (Å²) in [5.41, 5.74) is 17.2. The lowest BCUT2D eigenvalue weighted by atomic mass is 9.78. The van der Waals surface area contributed by atoms with Crippen molar-refractivity contribution in [1.29, 1.82) is 0 Å². The van der Waals surface area contributed by atoms with E-state index in [0.29, 0.717) is 0 Å². The molecule has 252 valence electrons. The first-order chi connectivity index (χ1) is 26.0. The normalized spacial score (nSPS) is 12.9. The van der Waals surface area contributed by atoms with Crippen LogP contribution >= 0.6 is 0 Å². The molecule has 2 nitrogen and oxygen atoms in total. The van der Waals surface area contributed by atoms with Crippen molar-refractivity contribution in [2.75, 3.05) is 4.90 Å². The Balaban J connectivity index is 1.22. The molecule has 1 aromatic heterocycles. The molecule has 1 aliphatic carbocycles. The monoisotopic (exact) mass is 679 g/mol. The first-order valence-electron chi connectivity index (χ1n) is 18.3. The lowest BCUT2D eigenvalue weighted by Crippen LogP contribution is -2.17. The van der Waals surface area contributed by atoms with Crippen LogP contribution in [0.3, 0.4) is 0 Å². The standard InChI is InChI=1S/C51H37NO/c1-51(2)46-24-11-9-21-41(46)45-33-40(32-44(49(45)51)37-17-7-4-8-18-37)52(47-25-14-23-43-42-22-10-12-26-48(42)53-50(43)47)39-20-13-19-38(31-39)36-29-27-35(28-30-36)34-15-5-3-6-16-34/h3-33H,1-2H3. The Morgan fingerprint density at radius 2 is 1.00 bits per heavy atom. The third-order valence-corrected chi connectivity index (χ3v) is 11.0. The summed E-state index contributed by atoms with van der Waals surface area (Å²) in [4.78, 5) is 2.40. The number of hydrogen-bond acceptors (Lipinski definition) is 2. The van der Waals surface area contributed by atoms with Crippen LogP contribution in [0.4, 0.5) is 17.1 Å². The zero-order chi connectivity index (χ0) is 35.5. The van der Waals surface area contributed by atoms with E-state index in [1.807, 2.05) is 6.07 Å². The number of benzene rings is 8. The number of rotatable bonds is 6. The van der Waals surface area contributed by atoms with E-state index in [0.717, 1.165) is 44.6 Å². The fourth-order valence-electron chi connectivity index (χ4n) is 8.53. The molecule has 1 aliphatic rings. The molecule has 0 saturated heterocycles. The zero-order valence-electron chi connectivity index (χ0n) is 29.8. The minimum Gasteiger partial charge on any atom is -0.454 e. The summed E-state index contributed by atoms with van der Waals surface area (Å²) in [6.45, 7) is 4.73. The lowest BCUT2D eigenvalue weighted by molar-refractivity contribution is 0.662. The van der Waals surface area contributed by atoms with Gasteiger partial charge in [0.15, 0.2) is 5.58 Å². The molecular weight excluding hydrogens is 643 g/mol. The Labute approximate surface area is 310 Å². The average molecular weight is 680 g/mol. The molecule has 0 radical (unpaired) electrons. The molecule has 1 heterocycles. The van der Waals surface area contributed by atoms with Crippen LogP contribution in [-0.2, 0) is 5.41 Å². The van der Waals surface area contributed by atoms with E-state index in [1.165, 1.54) is 50.1 Å². The summed E-state index contributed by atoms with van der Waals surface area (Å²) >= 11 is 0. The van der Waals surface area contributed by atoms with Crippen LogP contribution in [-0.4, -0.2) is 0 Å². The molecular formula is C51H37NO. The van der Waals surface area contributed by atoms with Crippen molar-refractivity contribution in [2.45, 2.75) is 19.3 Å². The van der Waals surface area contributed by atoms with Crippen LogP contribution in [0.1, 0.15) is 25.0 Å². The Bertz CT molecular complexity index is 2790. The van der Waals surface area contributed by atoms with Gasteiger partial charge in [0.05, 0.1) is 5.69 Å². The number of para-hydroxylation sites is 2. The van der Waals surface area contributed by atoms with Gasteiger partial charge in [-0.2, -0.15) is 0 Å². The maximum Gasteiger partial charge on any atom is 0.159 e. The summed E-state index contributed by atoms with van der Waals surface area (Å²) in [6.07, 6.45) is 0. The van der Waals surface area contributed by atoms with E-state index in [4.69, 9.17) is 4.42 Å². The minimum absolute atomic E-state index is 0.162. The van der Waals surface area contributed by atoms with Crippen LogP contribution in [0, 0.1) is 0 Å². The molecule has 0 aliphatic heterocycles. The van der Waals surface area contributed by atoms with Crippen molar-refractivity contribution >= 4 is 39.0 Å². The van der Waals surface area contributed by atoms with Crippen molar-refractivity contribution in [3.05, 3.63) is 199 Å². The van der Waals surface area contributed by atoms with Gasteiger partial charge in [0.25, 0.3) is 0 Å². The van der Waals surface area contributed by atoms with Crippen molar-refractivity contribution < 1.29 is 4.42 Å². The molecule has 0 amide bonds. The van der Waals surface area contributed by atoms with Gasteiger partial charge in [-0.1, -0.05) is 166 Å². The summed E-state index contributed by atoms with van der Waals surface area (Å²) in [6, 6.07) is 67.8. The molecule has 0 atom stereocenters. The molecule has 0 unspecified atom stereocenters. The largest absolute Gasteiger partial charge is 0.454 e. The highest BCUT2D eigenvalue weighted by atomic mass is 16.3. The van der Waals surface area contributed by atoms with Gasteiger partial charge in [-0.25, -0.2) is 0 Å². The van der Waals surface area contributed by atoms with Gasteiger partial charge in [-0.15, -0.1) is 0 Å². The Morgan fingerprint density at radius 1 is 0.415 bits per heavy atom. The van der Waals surface area contributed by atoms with E-state index in [-0.39, 0.29) is 5.41 Å².